The van der Waals surface area contributed by atoms with Crippen LogP contribution < -0.4 is 11.2 Å². The molecule has 0 amide bonds. The van der Waals surface area contributed by atoms with Gasteiger partial charge in [0.1, 0.15) is 5.65 Å². The summed E-state index contributed by atoms with van der Waals surface area (Å²) in [6, 6.07) is 9.24. The number of carbonyl (C=O) groups excluding carboxylic acids is 1. The molecule has 1 saturated carbocycles. The average molecular weight is 379 g/mol. The number of nitrogens with zero attached hydrogens (tertiary/aromatic N) is 3. The summed E-state index contributed by atoms with van der Waals surface area (Å²) >= 11 is 0. The van der Waals surface area contributed by atoms with Crippen LogP contribution in [0.1, 0.15) is 45.9 Å². The third kappa shape index (κ3) is 3.02. The number of esters is 1. The lowest BCUT2D eigenvalue weighted by Crippen LogP contribution is -2.40. The molecule has 0 bridgehead atoms. The van der Waals surface area contributed by atoms with Crippen LogP contribution in [0.5, 0.6) is 0 Å². The maximum atomic E-state index is 13.2. The van der Waals surface area contributed by atoms with E-state index < -0.39 is 17.2 Å². The van der Waals surface area contributed by atoms with Gasteiger partial charge in [-0.1, -0.05) is 29.8 Å². The van der Waals surface area contributed by atoms with Crippen molar-refractivity contribution in [1.29, 1.82) is 0 Å². The SMILES string of the molecule is COC(=O)c1cc(C2CC2)nc2c1c(=O)n(Cc1ccc(C)cc1)c(=O)n2C. The monoisotopic (exact) mass is 379 g/mol. The highest BCUT2D eigenvalue weighted by Gasteiger charge is 2.29. The van der Waals surface area contributed by atoms with Crippen molar-refractivity contribution in [2.75, 3.05) is 7.11 Å². The smallest absolute Gasteiger partial charge is 0.338 e. The number of benzene rings is 1. The molecule has 0 aliphatic heterocycles. The van der Waals surface area contributed by atoms with Gasteiger partial charge in [0.05, 0.1) is 24.6 Å². The number of rotatable bonds is 4. The summed E-state index contributed by atoms with van der Waals surface area (Å²) in [5.41, 5.74) is 2.02. The molecule has 7 heteroatoms. The first-order chi connectivity index (χ1) is 13.4. The molecule has 1 aromatic carbocycles. The molecule has 28 heavy (non-hydrogen) atoms. The molecular weight excluding hydrogens is 358 g/mol. The van der Waals surface area contributed by atoms with Gasteiger partial charge in [-0.05, 0) is 31.4 Å². The topological polar surface area (TPSA) is 83.2 Å². The summed E-state index contributed by atoms with van der Waals surface area (Å²) in [4.78, 5) is 43.0. The standard InChI is InChI=1S/C21H21N3O4/c1-12-4-6-13(7-5-12)11-24-19(25)17-15(20(26)28-3)10-16(14-8-9-14)22-18(17)23(2)21(24)27/h4-7,10,14H,8-9,11H2,1-3H3. The highest BCUT2D eigenvalue weighted by molar-refractivity contribution is 6.02. The Morgan fingerprint density at radius 3 is 2.50 bits per heavy atom. The normalized spacial score (nSPS) is 13.7. The van der Waals surface area contributed by atoms with Gasteiger partial charge in [0, 0.05) is 18.7 Å². The van der Waals surface area contributed by atoms with Crippen molar-refractivity contribution in [3.05, 3.63) is 73.6 Å². The Morgan fingerprint density at radius 2 is 1.89 bits per heavy atom. The van der Waals surface area contributed by atoms with Crippen molar-refractivity contribution in [3.8, 4) is 0 Å². The molecule has 2 aromatic heterocycles. The Balaban J connectivity index is 1.98. The summed E-state index contributed by atoms with van der Waals surface area (Å²) in [5, 5.41) is 0.116. The van der Waals surface area contributed by atoms with Gasteiger partial charge in [0.2, 0.25) is 0 Å². The number of pyridine rings is 1. The summed E-state index contributed by atoms with van der Waals surface area (Å²) in [6.45, 7) is 2.09. The van der Waals surface area contributed by atoms with Gasteiger partial charge in [-0.3, -0.25) is 13.9 Å². The summed E-state index contributed by atoms with van der Waals surface area (Å²) in [7, 11) is 2.85. The van der Waals surface area contributed by atoms with E-state index in [1.165, 1.54) is 11.7 Å². The van der Waals surface area contributed by atoms with Crippen LogP contribution in [0, 0.1) is 6.92 Å². The first kappa shape index (κ1) is 18.2. The van der Waals surface area contributed by atoms with Crippen molar-refractivity contribution < 1.29 is 9.53 Å². The molecular formula is C21H21N3O4. The number of aryl methyl sites for hydroxylation is 2. The summed E-state index contributed by atoms with van der Waals surface area (Å²) in [5.74, 6) is -0.343. The molecule has 0 unspecified atom stereocenters. The number of hydrogen-bond acceptors (Lipinski definition) is 5. The third-order valence-corrected chi connectivity index (χ3v) is 5.18. The molecule has 0 spiro atoms. The quantitative estimate of drug-likeness (QED) is 0.649. The highest BCUT2D eigenvalue weighted by atomic mass is 16.5. The molecule has 1 aliphatic carbocycles. The zero-order valence-electron chi connectivity index (χ0n) is 16.1. The van der Waals surface area contributed by atoms with Gasteiger partial charge in [0.15, 0.2) is 0 Å². The van der Waals surface area contributed by atoms with Crippen molar-refractivity contribution in [3.63, 3.8) is 0 Å². The summed E-state index contributed by atoms with van der Waals surface area (Å²) in [6.07, 6.45) is 1.97. The molecule has 4 rings (SSSR count). The van der Waals surface area contributed by atoms with Crippen LogP contribution >= 0.6 is 0 Å². The molecule has 1 aliphatic rings. The van der Waals surface area contributed by atoms with E-state index in [2.05, 4.69) is 4.98 Å². The fourth-order valence-corrected chi connectivity index (χ4v) is 3.37. The van der Waals surface area contributed by atoms with Crippen LogP contribution in [-0.4, -0.2) is 27.2 Å². The molecule has 3 aromatic rings. The molecule has 0 radical (unpaired) electrons. The predicted molar refractivity (Wildman–Crippen MR) is 105 cm³/mol. The molecule has 0 saturated heterocycles. The van der Waals surface area contributed by atoms with E-state index in [1.807, 2.05) is 31.2 Å². The van der Waals surface area contributed by atoms with Crippen molar-refractivity contribution in [2.24, 2.45) is 7.05 Å². The Bertz CT molecular complexity index is 1200. The van der Waals surface area contributed by atoms with Crippen LogP contribution in [0.2, 0.25) is 0 Å². The van der Waals surface area contributed by atoms with Gasteiger partial charge >= 0.3 is 11.7 Å². The Hall–Kier alpha value is -3.22. The molecule has 1 fully saturated rings. The molecule has 144 valence electrons. The number of ether oxygens (including phenoxy) is 1. The Morgan fingerprint density at radius 1 is 1.21 bits per heavy atom. The number of carbonyl (C=O) groups is 1. The predicted octanol–water partition coefficient (Wildman–Crippen LogP) is 2.12. The first-order valence-electron chi connectivity index (χ1n) is 9.19. The second kappa shape index (κ2) is 6.74. The largest absolute Gasteiger partial charge is 0.465 e. The minimum Gasteiger partial charge on any atom is -0.465 e. The molecule has 7 nitrogen and oxygen atoms in total. The van der Waals surface area contributed by atoms with E-state index in [9.17, 15) is 14.4 Å². The van der Waals surface area contributed by atoms with Gasteiger partial charge in [-0.25, -0.2) is 14.6 Å². The zero-order chi connectivity index (χ0) is 20.0. The highest BCUT2D eigenvalue weighted by Crippen LogP contribution is 2.39. The van der Waals surface area contributed by atoms with Crippen LogP contribution in [0.15, 0.2) is 39.9 Å². The molecule has 0 atom stereocenters. The van der Waals surface area contributed by atoms with E-state index in [-0.39, 0.29) is 29.1 Å². The van der Waals surface area contributed by atoms with E-state index in [0.717, 1.165) is 34.2 Å². The maximum Gasteiger partial charge on any atom is 0.338 e. The fraction of sp³-hybridized carbons (Fsp3) is 0.333. The van der Waals surface area contributed by atoms with Gasteiger partial charge < -0.3 is 4.74 Å². The van der Waals surface area contributed by atoms with E-state index >= 15 is 0 Å². The summed E-state index contributed by atoms with van der Waals surface area (Å²) < 4.78 is 7.37. The fourth-order valence-electron chi connectivity index (χ4n) is 3.37. The number of methoxy groups -OCH3 is 1. The van der Waals surface area contributed by atoms with Crippen LogP contribution in [0.25, 0.3) is 11.0 Å². The third-order valence-electron chi connectivity index (χ3n) is 5.18. The van der Waals surface area contributed by atoms with Crippen LogP contribution in [0.4, 0.5) is 0 Å². The lowest BCUT2D eigenvalue weighted by molar-refractivity contribution is 0.0602. The number of fused-ring (bicyclic) bond motifs is 1. The minimum atomic E-state index is -0.605. The minimum absolute atomic E-state index is 0.116. The van der Waals surface area contributed by atoms with Crippen molar-refractivity contribution >= 4 is 17.0 Å². The van der Waals surface area contributed by atoms with Gasteiger partial charge in [-0.15, -0.1) is 0 Å². The zero-order valence-corrected chi connectivity index (χ0v) is 16.1. The maximum absolute atomic E-state index is 13.2. The molecule has 0 N–H and O–H groups in total. The second-order valence-corrected chi connectivity index (χ2v) is 7.28. The Labute approximate surface area is 161 Å². The number of aromatic nitrogens is 3. The molecule has 2 heterocycles. The van der Waals surface area contributed by atoms with Crippen LogP contribution in [0.3, 0.4) is 0 Å². The van der Waals surface area contributed by atoms with Crippen molar-refractivity contribution in [1.82, 2.24) is 14.1 Å². The van der Waals surface area contributed by atoms with Crippen molar-refractivity contribution in [2.45, 2.75) is 32.2 Å². The van der Waals surface area contributed by atoms with E-state index in [4.69, 9.17) is 4.74 Å². The number of hydrogen-bond donors (Lipinski definition) is 0. The van der Waals surface area contributed by atoms with E-state index in [1.54, 1.807) is 13.1 Å². The van der Waals surface area contributed by atoms with Gasteiger partial charge in [0.25, 0.3) is 5.56 Å². The first-order valence-corrected chi connectivity index (χ1v) is 9.19. The van der Waals surface area contributed by atoms with Gasteiger partial charge in [-0.2, -0.15) is 0 Å². The van der Waals surface area contributed by atoms with Crippen LogP contribution in [-0.2, 0) is 18.3 Å². The Kier molecular flexibility index (Phi) is 4.37. The lowest BCUT2D eigenvalue weighted by atomic mass is 10.1. The van der Waals surface area contributed by atoms with E-state index in [0.29, 0.717) is 0 Å². The second-order valence-electron chi connectivity index (χ2n) is 7.28. The average Bonchev–Trinajstić information content (AvgIpc) is 3.54. The lowest BCUT2D eigenvalue weighted by Gasteiger charge is -2.14.